The van der Waals surface area contributed by atoms with Gasteiger partial charge in [-0.2, -0.15) is 4.98 Å². The molecule has 1 saturated heterocycles. The van der Waals surface area contributed by atoms with Gasteiger partial charge < -0.3 is 15.2 Å². The van der Waals surface area contributed by atoms with Gasteiger partial charge in [-0.25, -0.2) is 4.98 Å². The maximum atomic E-state index is 5.95. The highest BCUT2D eigenvalue weighted by atomic mass is 16.5. The molecule has 5 heteroatoms. The van der Waals surface area contributed by atoms with Crippen molar-refractivity contribution in [3.8, 4) is 5.88 Å². The third kappa shape index (κ3) is 2.90. The maximum Gasteiger partial charge on any atom is 0.222 e. The molecule has 0 atom stereocenters. The minimum Gasteiger partial charge on any atom is -0.474 e. The Morgan fingerprint density at radius 1 is 1.28 bits per heavy atom. The lowest BCUT2D eigenvalue weighted by molar-refractivity contribution is 0.0233. The summed E-state index contributed by atoms with van der Waals surface area (Å²) in [6.07, 6.45) is 1.98. The van der Waals surface area contributed by atoms with E-state index in [1.54, 1.807) is 0 Å². The number of nitrogen functional groups attached to an aromatic ring is 1. The molecule has 1 aromatic rings. The second-order valence-electron chi connectivity index (χ2n) is 4.98. The Morgan fingerprint density at radius 3 is 2.56 bits per heavy atom. The quantitative estimate of drug-likeness (QED) is 0.890. The second kappa shape index (κ2) is 5.52. The van der Waals surface area contributed by atoms with Crippen molar-refractivity contribution in [3.63, 3.8) is 0 Å². The van der Waals surface area contributed by atoms with E-state index in [1.165, 1.54) is 0 Å². The number of hydrogen-bond donors (Lipinski definition) is 1. The first-order valence-corrected chi connectivity index (χ1v) is 6.46. The van der Waals surface area contributed by atoms with Gasteiger partial charge in [-0.1, -0.05) is 13.8 Å². The van der Waals surface area contributed by atoms with Crippen LogP contribution in [0.5, 0.6) is 5.88 Å². The summed E-state index contributed by atoms with van der Waals surface area (Å²) < 4.78 is 11.3. The number of anilines is 1. The summed E-state index contributed by atoms with van der Waals surface area (Å²) in [5, 5.41) is 0. The molecule has 18 heavy (non-hydrogen) atoms. The molecule has 0 aromatic carbocycles. The molecule has 2 heterocycles. The number of rotatable bonds is 3. The van der Waals surface area contributed by atoms with Gasteiger partial charge in [0.25, 0.3) is 0 Å². The highest BCUT2D eigenvalue weighted by molar-refractivity contribution is 5.44. The Hall–Kier alpha value is -1.36. The number of hydrogen-bond acceptors (Lipinski definition) is 5. The average Bonchev–Trinajstić information content (AvgIpc) is 2.35. The molecule has 2 N–H and O–H groups in total. The van der Waals surface area contributed by atoms with Gasteiger partial charge in [0.1, 0.15) is 17.7 Å². The summed E-state index contributed by atoms with van der Waals surface area (Å²) in [6.45, 7) is 7.49. The minimum absolute atomic E-state index is 0.173. The molecule has 0 bridgehead atoms. The van der Waals surface area contributed by atoms with Crippen molar-refractivity contribution in [2.75, 3.05) is 18.9 Å². The van der Waals surface area contributed by atoms with Crippen LogP contribution in [0, 0.1) is 6.92 Å². The lowest BCUT2D eigenvalue weighted by Gasteiger charge is -2.24. The molecule has 0 amide bonds. The van der Waals surface area contributed by atoms with Crippen molar-refractivity contribution in [2.24, 2.45) is 0 Å². The third-order valence-electron chi connectivity index (χ3n) is 3.12. The molecule has 5 nitrogen and oxygen atoms in total. The predicted molar refractivity (Wildman–Crippen MR) is 69.7 cm³/mol. The van der Waals surface area contributed by atoms with Crippen LogP contribution in [0.1, 0.15) is 44.0 Å². The maximum absolute atomic E-state index is 5.95. The highest BCUT2D eigenvalue weighted by Gasteiger charge is 2.19. The summed E-state index contributed by atoms with van der Waals surface area (Å²) in [4.78, 5) is 8.76. The highest BCUT2D eigenvalue weighted by Crippen LogP contribution is 2.25. The van der Waals surface area contributed by atoms with E-state index in [0.29, 0.717) is 11.7 Å². The van der Waals surface area contributed by atoms with E-state index in [9.17, 15) is 0 Å². The zero-order chi connectivity index (χ0) is 13.1. The molecule has 0 aliphatic carbocycles. The summed E-state index contributed by atoms with van der Waals surface area (Å²) in [5.74, 6) is 2.11. The fourth-order valence-corrected chi connectivity index (χ4v) is 1.85. The Bertz CT molecular complexity index is 415. The molecule has 1 aromatic heterocycles. The van der Waals surface area contributed by atoms with Gasteiger partial charge in [0.2, 0.25) is 5.88 Å². The van der Waals surface area contributed by atoms with E-state index in [2.05, 4.69) is 9.97 Å². The molecule has 1 aliphatic rings. The zero-order valence-electron chi connectivity index (χ0n) is 11.3. The van der Waals surface area contributed by atoms with Crippen LogP contribution in [-0.2, 0) is 4.74 Å². The molecule has 0 radical (unpaired) electrons. The monoisotopic (exact) mass is 251 g/mol. The van der Waals surface area contributed by atoms with Crippen molar-refractivity contribution in [2.45, 2.75) is 45.6 Å². The molecule has 1 aliphatic heterocycles. The topological polar surface area (TPSA) is 70.3 Å². The number of nitrogens with two attached hydrogens (primary N) is 1. The number of nitrogens with zero attached hydrogens (tertiary/aromatic N) is 2. The van der Waals surface area contributed by atoms with E-state index in [4.69, 9.17) is 15.2 Å². The van der Waals surface area contributed by atoms with Crippen LogP contribution < -0.4 is 10.5 Å². The van der Waals surface area contributed by atoms with Crippen LogP contribution in [0.4, 0.5) is 5.82 Å². The number of aromatic nitrogens is 2. The van der Waals surface area contributed by atoms with Gasteiger partial charge in [-0.3, -0.25) is 0 Å². The Balaban J connectivity index is 2.19. The Morgan fingerprint density at radius 2 is 1.94 bits per heavy atom. The normalized spacial score (nSPS) is 17.1. The van der Waals surface area contributed by atoms with E-state index >= 15 is 0 Å². The molecule has 100 valence electrons. The van der Waals surface area contributed by atoms with Gasteiger partial charge in [0.15, 0.2) is 0 Å². The molecular formula is C13H21N3O2. The Kier molecular flexibility index (Phi) is 4.01. The third-order valence-corrected chi connectivity index (χ3v) is 3.12. The summed E-state index contributed by atoms with van der Waals surface area (Å²) >= 11 is 0. The smallest absolute Gasteiger partial charge is 0.222 e. The molecule has 0 saturated carbocycles. The molecule has 1 fully saturated rings. The number of ether oxygens (including phenoxy) is 2. The summed E-state index contributed by atoms with van der Waals surface area (Å²) in [5.41, 5.74) is 6.73. The molecule has 0 unspecified atom stereocenters. The van der Waals surface area contributed by atoms with Crippen molar-refractivity contribution >= 4 is 5.82 Å². The van der Waals surface area contributed by atoms with E-state index in [1.807, 2.05) is 20.8 Å². The molecule has 2 rings (SSSR count). The minimum atomic E-state index is 0.173. The van der Waals surface area contributed by atoms with Crippen LogP contribution in [0.25, 0.3) is 0 Å². The van der Waals surface area contributed by atoms with Crippen LogP contribution in [0.3, 0.4) is 0 Å². The fourth-order valence-electron chi connectivity index (χ4n) is 1.85. The van der Waals surface area contributed by atoms with Crippen LogP contribution in [0.2, 0.25) is 0 Å². The van der Waals surface area contributed by atoms with Crippen LogP contribution in [-0.4, -0.2) is 29.3 Å². The van der Waals surface area contributed by atoms with Crippen molar-refractivity contribution in [1.29, 1.82) is 0 Å². The van der Waals surface area contributed by atoms with E-state index in [-0.39, 0.29) is 12.0 Å². The predicted octanol–water partition coefficient (Wildman–Crippen LogP) is 2.05. The first-order valence-electron chi connectivity index (χ1n) is 6.46. The van der Waals surface area contributed by atoms with Crippen LogP contribution in [0.15, 0.2) is 0 Å². The lowest BCUT2D eigenvalue weighted by Crippen LogP contribution is -2.27. The lowest BCUT2D eigenvalue weighted by atomic mass is 10.1. The van der Waals surface area contributed by atoms with Crippen molar-refractivity contribution < 1.29 is 9.47 Å². The van der Waals surface area contributed by atoms with Crippen LogP contribution >= 0.6 is 0 Å². The fraction of sp³-hybridized carbons (Fsp3) is 0.692. The summed E-state index contributed by atoms with van der Waals surface area (Å²) in [7, 11) is 0. The van der Waals surface area contributed by atoms with Crippen molar-refractivity contribution in [3.05, 3.63) is 11.4 Å². The van der Waals surface area contributed by atoms with E-state index < -0.39 is 0 Å². The second-order valence-corrected chi connectivity index (χ2v) is 4.98. The molecule has 0 spiro atoms. The Labute approximate surface area is 108 Å². The first-order chi connectivity index (χ1) is 8.58. The van der Waals surface area contributed by atoms with Gasteiger partial charge in [-0.15, -0.1) is 0 Å². The van der Waals surface area contributed by atoms with Crippen molar-refractivity contribution in [1.82, 2.24) is 9.97 Å². The first kappa shape index (κ1) is 13.1. The largest absolute Gasteiger partial charge is 0.474 e. The van der Waals surface area contributed by atoms with Gasteiger partial charge in [-0.05, 0) is 6.92 Å². The van der Waals surface area contributed by atoms with Gasteiger partial charge in [0, 0.05) is 18.8 Å². The standard InChI is InChI=1S/C13H21N3O2/c1-8(2)12-15-11(14)9(3)13(16-12)18-10-4-6-17-7-5-10/h8,10H,4-7H2,1-3H3,(H2,14,15,16). The SMILES string of the molecule is Cc1c(N)nc(C(C)C)nc1OC1CCOCC1. The zero-order valence-corrected chi connectivity index (χ0v) is 11.3. The van der Waals surface area contributed by atoms with Gasteiger partial charge >= 0.3 is 0 Å². The molecular weight excluding hydrogens is 230 g/mol. The van der Waals surface area contributed by atoms with E-state index in [0.717, 1.165) is 37.4 Å². The van der Waals surface area contributed by atoms with Gasteiger partial charge in [0.05, 0.1) is 18.8 Å². The average molecular weight is 251 g/mol. The summed E-state index contributed by atoms with van der Waals surface area (Å²) in [6, 6.07) is 0.